The molecule has 1 fully saturated rings. The Labute approximate surface area is 188 Å². The maximum absolute atomic E-state index is 13.0. The molecule has 1 saturated heterocycles. The van der Waals surface area contributed by atoms with Crippen LogP contribution in [0.1, 0.15) is 35.1 Å². The number of oxazole rings is 1. The minimum atomic E-state index is -0.0415. The summed E-state index contributed by atoms with van der Waals surface area (Å²) in [6.07, 6.45) is 1.60. The Morgan fingerprint density at radius 1 is 1.19 bits per heavy atom. The number of halogens is 1. The van der Waals surface area contributed by atoms with Gasteiger partial charge in [0.05, 0.1) is 12.7 Å². The number of thiazole rings is 1. The maximum atomic E-state index is 13.0. The van der Waals surface area contributed by atoms with Crippen LogP contribution in [0, 0.1) is 0 Å². The van der Waals surface area contributed by atoms with E-state index in [-0.39, 0.29) is 11.8 Å². The van der Waals surface area contributed by atoms with Crippen LogP contribution < -0.4 is 4.74 Å². The van der Waals surface area contributed by atoms with E-state index in [0.29, 0.717) is 23.8 Å². The van der Waals surface area contributed by atoms with Gasteiger partial charge in [0.1, 0.15) is 22.0 Å². The zero-order chi connectivity index (χ0) is 21.4. The van der Waals surface area contributed by atoms with Crippen molar-refractivity contribution in [1.82, 2.24) is 14.9 Å². The molecule has 0 spiro atoms. The van der Waals surface area contributed by atoms with Gasteiger partial charge in [-0.3, -0.25) is 4.79 Å². The van der Waals surface area contributed by atoms with E-state index in [1.54, 1.807) is 13.2 Å². The number of hydrogen-bond donors (Lipinski definition) is 0. The molecule has 1 aliphatic heterocycles. The summed E-state index contributed by atoms with van der Waals surface area (Å²) in [7, 11) is 1.63. The lowest BCUT2D eigenvalue weighted by Crippen LogP contribution is -2.38. The first-order valence-corrected chi connectivity index (χ1v) is 11.3. The van der Waals surface area contributed by atoms with Crippen LogP contribution in [-0.4, -0.2) is 41.0 Å². The third-order valence-corrected chi connectivity index (χ3v) is 6.67. The van der Waals surface area contributed by atoms with Gasteiger partial charge in [0.2, 0.25) is 0 Å². The molecule has 0 N–H and O–H groups in total. The van der Waals surface area contributed by atoms with E-state index in [0.717, 1.165) is 46.2 Å². The second-order valence-corrected chi connectivity index (χ2v) is 8.76. The van der Waals surface area contributed by atoms with Gasteiger partial charge < -0.3 is 14.1 Å². The van der Waals surface area contributed by atoms with Crippen LogP contribution in [0.3, 0.4) is 0 Å². The van der Waals surface area contributed by atoms with E-state index >= 15 is 0 Å². The normalized spacial score (nSPS) is 14.8. The Balaban J connectivity index is 1.27. The number of para-hydroxylation sites is 1. The number of likely N-dealkylation sites (tertiary alicyclic amines) is 1. The molecule has 1 aliphatic rings. The van der Waals surface area contributed by atoms with Crippen molar-refractivity contribution in [3.63, 3.8) is 0 Å². The second kappa shape index (κ2) is 8.32. The van der Waals surface area contributed by atoms with Crippen molar-refractivity contribution in [3.05, 3.63) is 64.5 Å². The lowest BCUT2D eigenvalue weighted by atomic mass is 9.96. The summed E-state index contributed by atoms with van der Waals surface area (Å²) in [5.74, 6) is 1.61. The molecular weight excluding hydrogens is 434 g/mol. The molecule has 8 heteroatoms. The zero-order valence-corrected chi connectivity index (χ0v) is 18.4. The maximum Gasteiger partial charge on any atom is 0.273 e. The average molecular weight is 454 g/mol. The average Bonchev–Trinajstić information content (AvgIpc) is 3.46. The number of rotatable bonds is 4. The van der Waals surface area contributed by atoms with E-state index < -0.39 is 0 Å². The van der Waals surface area contributed by atoms with Crippen LogP contribution in [-0.2, 0) is 0 Å². The van der Waals surface area contributed by atoms with E-state index in [9.17, 15) is 4.79 Å². The Hall–Kier alpha value is -2.90. The van der Waals surface area contributed by atoms with Crippen LogP contribution >= 0.6 is 22.9 Å². The smallest absolute Gasteiger partial charge is 0.273 e. The SMILES string of the molecule is COc1ccccc1-c1nc(C(=O)N2CCC(c3nc4cc(Cl)ccc4o3)CC2)cs1. The molecule has 6 nitrogen and oxygen atoms in total. The van der Waals surface area contributed by atoms with Crippen LogP contribution in [0.25, 0.3) is 21.7 Å². The number of ether oxygens (including phenoxy) is 1. The monoisotopic (exact) mass is 453 g/mol. The Morgan fingerprint density at radius 3 is 2.81 bits per heavy atom. The van der Waals surface area contributed by atoms with Gasteiger partial charge in [-0.2, -0.15) is 0 Å². The predicted octanol–water partition coefficient (Wildman–Crippen LogP) is 5.63. The fourth-order valence-electron chi connectivity index (χ4n) is 3.90. The molecule has 3 heterocycles. The number of nitrogens with zero attached hydrogens (tertiary/aromatic N) is 3. The van der Waals surface area contributed by atoms with Crippen molar-refractivity contribution < 1.29 is 13.9 Å². The Kier molecular flexibility index (Phi) is 5.38. The van der Waals surface area contributed by atoms with E-state index in [4.69, 9.17) is 20.8 Å². The first-order valence-electron chi connectivity index (χ1n) is 10.1. The van der Waals surface area contributed by atoms with E-state index in [2.05, 4.69) is 9.97 Å². The molecule has 2 aromatic carbocycles. The quantitative estimate of drug-likeness (QED) is 0.400. The topological polar surface area (TPSA) is 68.5 Å². The lowest BCUT2D eigenvalue weighted by Gasteiger charge is -2.30. The summed E-state index contributed by atoms with van der Waals surface area (Å²) in [6, 6.07) is 13.1. The summed E-state index contributed by atoms with van der Waals surface area (Å²) in [5.41, 5.74) is 2.88. The summed E-state index contributed by atoms with van der Waals surface area (Å²) < 4.78 is 11.3. The number of fused-ring (bicyclic) bond motifs is 1. The van der Waals surface area contributed by atoms with Gasteiger partial charge in [-0.25, -0.2) is 9.97 Å². The van der Waals surface area contributed by atoms with Crippen molar-refractivity contribution in [1.29, 1.82) is 0 Å². The highest BCUT2D eigenvalue weighted by Gasteiger charge is 2.28. The van der Waals surface area contributed by atoms with Gasteiger partial charge in [-0.1, -0.05) is 23.7 Å². The molecule has 31 heavy (non-hydrogen) atoms. The minimum Gasteiger partial charge on any atom is -0.496 e. The third kappa shape index (κ3) is 3.91. The summed E-state index contributed by atoms with van der Waals surface area (Å²) in [6.45, 7) is 1.29. The van der Waals surface area contributed by atoms with Gasteiger partial charge in [0, 0.05) is 29.4 Å². The molecule has 1 amide bonds. The standard InChI is InChI=1S/C23H20ClN3O3S/c1-29-19-5-3-2-4-16(19)22-26-18(13-31-22)23(28)27-10-8-14(9-11-27)21-25-17-12-15(24)6-7-20(17)30-21/h2-7,12-14H,8-11H2,1H3. The molecule has 0 aliphatic carbocycles. The van der Waals surface area contributed by atoms with Crippen LogP contribution in [0.2, 0.25) is 5.02 Å². The van der Waals surface area contributed by atoms with Gasteiger partial charge in [0.15, 0.2) is 11.5 Å². The highest BCUT2D eigenvalue weighted by molar-refractivity contribution is 7.13. The van der Waals surface area contributed by atoms with Gasteiger partial charge in [-0.15, -0.1) is 11.3 Å². The number of carbonyl (C=O) groups is 1. The van der Waals surface area contributed by atoms with Crippen LogP contribution in [0.4, 0.5) is 0 Å². The number of aromatic nitrogens is 2. The fraction of sp³-hybridized carbons (Fsp3) is 0.261. The molecule has 0 unspecified atom stereocenters. The van der Waals surface area contributed by atoms with E-state index in [1.807, 2.05) is 46.7 Å². The van der Waals surface area contributed by atoms with Crippen molar-refractivity contribution in [2.45, 2.75) is 18.8 Å². The molecule has 0 bridgehead atoms. The Morgan fingerprint density at radius 2 is 2.00 bits per heavy atom. The number of hydrogen-bond acceptors (Lipinski definition) is 6. The van der Waals surface area contributed by atoms with Gasteiger partial charge in [-0.05, 0) is 43.2 Å². The molecule has 0 radical (unpaired) electrons. The van der Waals surface area contributed by atoms with Crippen LogP contribution in [0.15, 0.2) is 52.3 Å². The highest BCUT2D eigenvalue weighted by atomic mass is 35.5. The van der Waals surface area contributed by atoms with Crippen molar-refractivity contribution in [2.75, 3.05) is 20.2 Å². The fourth-order valence-corrected chi connectivity index (χ4v) is 4.89. The van der Waals surface area contributed by atoms with Gasteiger partial charge >= 0.3 is 0 Å². The molecule has 5 rings (SSSR count). The largest absolute Gasteiger partial charge is 0.496 e. The van der Waals surface area contributed by atoms with E-state index in [1.165, 1.54) is 11.3 Å². The highest BCUT2D eigenvalue weighted by Crippen LogP contribution is 2.34. The molecule has 4 aromatic rings. The number of piperidine rings is 1. The van der Waals surface area contributed by atoms with Gasteiger partial charge in [0.25, 0.3) is 5.91 Å². The minimum absolute atomic E-state index is 0.0415. The molecule has 0 saturated carbocycles. The molecule has 158 valence electrons. The lowest BCUT2D eigenvalue weighted by molar-refractivity contribution is 0.0701. The molecular formula is C23H20ClN3O3S. The predicted molar refractivity (Wildman–Crippen MR) is 121 cm³/mol. The van der Waals surface area contributed by atoms with Crippen LogP contribution in [0.5, 0.6) is 5.75 Å². The molecule has 0 atom stereocenters. The number of carbonyl (C=O) groups excluding carboxylic acids is 1. The number of benzene rings is 2. The van der Waals surface area contributed by atoms with Crippen molar-refractivity contribution in [2.24, 2.45) is 0 Å². The number of amides is 1. The second-order valence-electron chi connectivity index (χ2n) is 7.47. The zero-order valence-electron chi connectivity index (χ0n) is 16.9. The molecule has 2 aromatic heterocycles. The van der Waals surface area contributed by atoms with Crippen molar-refractivity contribution >= 4 is 39.9 Å². The Bertz CT molecular complexity index is 1240. The summed E-state index contributed by atoms with van der Waals surface area (Å²) >= 11 is 7.50. The number of methoxy groups -OCH3 is 1. The van der Waals surface area contributed by atoms with Crippen molar-refractivity contribution in [3.8, 4) is 16.3 Å². The summed E-state index contributed by atoms with van der Waals surface area (Å²) in [5, 5.41) is 3.24. The first kappa shape index (κ1) is 20.0. The first-order chi connectivity index (χ1) is 15.1. The summed E-state index contributed by atoms with van der Waals surface area (Å²) in [4.78, 5) is 24.0. The third-order valence-electron chi connectivity index (χ3n) is 5.56.